The van der Waals surface area contributed by atoms with Crippen LogP contribution >= 0.6 is 0 Å². The largest absolute Gasteiger partial charge is 0.497 e. The molecule has 12 amide bonds. The molecule has 102 heavy (non-hydrogen) atoms. The minimum atomic E-state index is -1.58. The first kappa shape index (κ1) is 83.5. The van der Waals surface area contributed by atoms with E-state index in [0.717, 1.165) is 30.9 Å². The lowest BCUT2D eigenvalue weighted by atomic mass is 9.95. The zero-order valence-corrected chi connectivity index (χ0v) is 62.7. The number of nitrogens with zero attached hydrogens (tertiary/aromatic N) is 8. The Morgan fingerprint density at radius 1 is 0.510 bits per heavy atom. The number of rotatable bonds is 18. The van der Waals surface area contributed by atoms with E-state index in [4.69, 9.17) is 9.47 Å². The SMILES string of the molecule is CCCC[C@@H]1NC(=O)[C@H](Cc2ccccc2F)NC(=O)CN(C)C(=O)[C@H](Cc2ccc(OC)cc2)N(C)C(=O)CN(C)C(=O)CN(C)C(=O)[C@H]([C@@H](C)CC)NC(=O)[C@H](CC(C)C)N(C)C(=O)CC(C(=O)N2CCCCC2)N(C)C(=O)[C@H](CC(C)C)NC(=O)[C@H](Cc2ccc(OC)cc2)N(C)C1=O. The van der Waals surface area contributed by atoms with Crippen molar-refractivity contribution < 1.29 is 71.4 Å². The van der Waals surface area contributed by atoms with Gasteiger partial charge in [0, 0.05) is 81.7 Å². The first-order valence-corrected chi connectivity index (χ1v) is 35.5. The fourth-order valence-electron chi connectivity index (χ4n) is 12.6. The van der Waals surface area contributed by atoms with Crippen LogP contribution in [0, 0.1) is 23.6 Å². The third-order valence-corrected chi connectivity index (χ3v) is 19.3. The van der Waals surface area contributed by atoms with Crippen LogP contribution in [0.25, 0.3) is 0 Å². The number of carbonyl (C=O) groups excluding carboxylic acids is 12. The summed E-state index contributed by atoms with van der Waals surface area (Å²) in [7, 11) is 12.6. The molecular weight excluding hydrogens is 1310 g/mol. The highest BCUT2D eigenvalue weighted by molar-refractivity contribution is 5.99. The molecule has 562 valence electrons. The lowest BCUT2D eigenvalue weighted by Crippen LogP contribution is -2.61. The van der Waals surface area contributed by atoms with E-state index >= 15 is 23.6 Å². The minimum Gasteiger partial charge on any atom is -0.497 e. The average Bonchev–Trinajstić information content (AvgIpc) is 0.822. The standard InChI is InChI=1S/C75H111FN12O14/c1-17-19-27-56-71(96)86(13)60(40-50-28-32-53(101-15)33-29-50)69(94)79-58(38-47(3)4)72(97)87(14)62(74(99)88-36-23-20-24-37-88)43-64(90)84(11)59(39-48(5)6)70(95)80-67(49(7)18-2)75(100)83(10)45-65(91)81(8)46-66(92)85(12)61(41-51-30-34-54(102-16)35-31-51)73(98)82(9)44-63(89)77-57(68(93)78-56)42-52-25-21-22-26-55(52)76/h21-22,25-26,28-35,47-49,56-62,67H,17-20,23-24,27,36-46H2,1-16H3,(H,77,89)(H,78,93)(H,79,94)(H,80,95)/t49-,56-,57-,58-,59-,60-,61-,62?,67-/m0/s1. The van der Waals surface area contributed by atoms with Gasteiger partial charge in [-0.05, 0) is 103 Å². The molecule has 0 aromatic heterocycles. The Labute approximate surface area is 601 Å². The van der Waals surface area contributed by atoms with Gasteiger partial charge < -0.3 is 69.9 Å². The molecule has 2 aliphatic rings. The Bertz CT molecular complexity index is 3370. The van der Waals surface area contributed by atoms with Crippen molar-refractivity contribution in [3.05, 3.63) is 95.3 Å². The highest BCUT2D eigenvalue weighted by atomic mass is 19.1. The molecule has 3 aromatic rings. The van der Waals surface area contributed by atoms with Gasteiger partial charge in [0.05, 0.1) is 40.3 Å². The van der Waals surface area contributed by atoms with Crippen LogP contribution < -0.4 is 30.7 Å². The van der Waals surface area contributed by atoms with Gasteiger partial charge in [0.2, 0.25) is 70.9 Å². The molecule has 4 N–H and O–H groups in total. The fourth-order valence-corrected chi connectivity index (χ4v) is 12.6. The third-order valence-electron chi connectivity index (χ3n) is 19.3. The van der Waals surface area contributed by atoms with E-state index < -0.39 is 163 Å². The second-order valence-electron chi connectivity index (χ2n) is 28.1. The van der Waals surface area contributed by atoms with E-state index in [1.54, 1.807) is 66.4 Å². The van der Waals surface area contributed by atoms with Crippen molar-refractivity contribution in [2.24, 2.45) is 17.8 Å². The minimum absolute atomic E-state index is 0.0269. The molecule has 0 aliphatic carbocycles. The molecule has 9 atom stereocenters. The summed E-state index contributed by atoms with van der Waals surface area (Å²) in [6.45, 7) is 11.7. The van der Waals surface area contributed by atoms with Gasteiger partial charge in [0.1, 0.15) is 65.7 Å². The fraction of sp³-hybridized carbons (Fsp3) is 0.600. The Morgan fingerprint density at radius 2 is 1.03 bits per heavy atom. The Kier molecular flexibility index (Phi) is 32.6. The van der Waals surface area contributed by atoms with Gasteiger partial charge >= 0.3 is 0 Å². The molecular formula is C75H111FN12O14. The summed E-state index contributed by atoms with van der Waals surface area (Å²) in [4.78, 5) is 188. The summed E-state index contributed by atoms with van der Waals surface area (Å²) in [5.41, 5.74) is 1.18. The second kappa shape index (κ2) is 39.9. The van der Waals surface area contributed by atoms with Crippen molar-refractivity contribution in [3.63, 3.8) is 0 Å². The van der Waals surface area contributed by atoms with Gasteiger partial charge in [-0.2, -0.15) is 0 Å². The number of amides is 12. The number of nitrogens with one attached hydrogen (secondary N) is 4. The number of unbranched alkanes of at least 4 members (excludes halogenated alkanes) is 1. The van der Waals surface area contributed by atoms with Crippen LogP contribution in [0.3, 0.4) is 0 Å². The monoisotopic (exact) mass is 1420 g/mol. The molecule has 2 heterocycles. The number of likely N-dealkylation sites (tertiary alicyclic amines) is 1. The summed E-state index contributed by atoms with van der Waals surface area (Å²) < 4.78 is 26.4. The first-order valence-electron chi connectivity index (χ1n) is 35.5. The lowest BCUT2D eigenvalue weighted by molar-refractivity contribution is -0.151. The summed E-state index contributed by atoms with van der Waals surface area (Å²) in [6, 6.07) is 8.24. The zero-order chi connectivity index (χ0) is 75.8. The maximum atomic E-state index is 15.7. The predicted molar refractivity (Wildman–Crippen MR) is 383 cm³/mol. The maximum Gasteiger partial charge on any atom is 0.245 e. The van der Waals surface area contributed by atoms with Crippen molar-refractivity contribution in [3.8, 4) is 11.5 Å². The van der Waals surface area contributed by atoms with Crippen LogP contribution in [0.15, 0.2) is 72.8 Å². The molecule has 2 saturated heterocycles. The average molecular weight is 1420 g/mol. The van der Waals surface area contributed by atoms with Crippen molar-refractivity contribution in [2.45, 2.75) is 180 Å². The van der Waals surface area contributed by atoms with Gasteiger partial charge in [-0.15, -0.1) is 0 Å². The van der Waals surface area contributed by atoms with E-state index in [1.165, 1.54) is 91.6 Å². The molecule has 0 spiro atoms. The molecule has 26 nitrogen and oxygen atoms in total. The third kappa shape index (κ3) is 23.7. The smallest absolute Gasteiger partial charge is 0.245 e. The quantitative estimate of drug-likeness (QED) is 0.139. The first-order chi connectivity index (χ1) is 48.2. The molecule has 1 unspecified atom stereocenters. The van der Waals surface area contributed by atoms with E-state index in [1.807, 2.05) is 41.5 Å². The van der Waals surface area contributed by atoms with Crippen LogP contribution in [-0.2, 0) is 76.8 Å². The number of hydrogen-bond acceptors (Lipinski definition) is 14. The Hall–Kier alpha value is -9.17. The summed E-state index contributed by atoms with van der Waals surface area (Å²) in [5.74, 6) is -9.34. The molecule has 0 radical (unpaired) electrons. The number of piperidine rings is 1. The summed E-state index contributed by atoms with van der Waals surface area (Å²) in [5, 5.41) is 11.3. The normalized spacial score (nSPS) is 23.1. The number of ether oxygens (including phenoxy) is 2. The summed E-state index contributed by atoms with van der Waals surface area (Å²) >= 11 is 0. The van der Waals surface area contributed by atoms with Crippen molar-refractivity contribution >= 4 is 70.9 Å². The van der Waals surface area contributed by atoms with Gasteiger partial charge in [-0.3, -0.25) is 57.5 Å². The molecule has 2 aliphatic heterocycles. The van der Waals surface area contributed by atoms with Crippen LogP contribution in [0.5, 0.6) is 11.5 Å². The molecule has 3 aromatic carbocycles. The van der Waals surface area contributed by atoms with Gasteiger partial charge in [0.15, 0.2) is 0 Å². The van der Waals surface area contributed by atoms with E-state index in [9.17, 15) is 38.4 Å². The van der Waals surface area contributed by atoms with Crippen LogP contribution in [0.4, 0.5) is 4.39 Å². The van der Waals surface area contributed by atoms with Crippen LogP contribution in [0.1, 0.15) is 129 Å². The van der Waals surface area contributed by atoms with Gasteiger partial charge in [0.25, 0.3) is 0 Å². The van der Waals surface area contributed by atoms with Gasteiger partial charge in [-0.1, -0.05) is 110 Å². The molecule has 27 heteroatoms. The Morgan fingerprint density at radius 3 is 1.58 bits per heavy atom. The number of hydrogen-bond donors (Lipinski definition) is 4. The zero-order valence-electron chi connectivity index (χ0n) is 62.7. The van der Waals surface area contributed by atoms with E-state index in [-0.39, 0.29) is 49.5 Å². The molecule has 0 saturated carbocycles. The number of halogens is 1. The van der Waals surface area contributed by atoms with Crippen LogP contribution in [0.2, 0.25) is 0 Å². The van der Waals surface area contributed by atoms with Crippen LogP contribution in [-0.4, -0.2) is 255 Å². The number of methoxy groups -OCH3 is 2. The van der Waals surface area contributed by atoms with Crippen molar-refractivity contribution in [1.82, 2.24) is 60.5 Å². The predicted octanol–water partition coefficient (Wildman–Crippen LogP) is 4.24. The topological polar surface area (TPSA) is 297 Å². The lowest BCUT2D eigenvalue weighted by Gasteiger charge is -2.38. The van der Waals surface area contributed by atoms with E-state index in [0.29, 0.717) is 67.8 Å². The van der Waals surface area contributed by atoms with E-state index in [2.05, 4.69) is 21.3 Å². The Balaban J connectivity index is 1.68. The molecule has 2 fully saturated rings. The molecule has 0 bridgehead atoms. The highest BCUT2D eigenvalue weighted by Gasteiger charge is 2.43. The maximum absolute atomic E-state index is 15.7. The molecule has 5 rings (SSSR count). The second-order valence-corrected chi connectivity index (χ2v) is 28.1. The van der Waals surface area contributed by atoms with Gasteiger partial charge in [-0.25, -0.2) is 4.39 Å². The number of likely N-dealkylation sites (N-methyl/N-ethyl adjacent to an activating group) is 7. The highest BCUT2D eigenvalue weighted by Crippen LogP contribution is 2.24. The summed E-state index contributed by atoms with van der Waals surface area (Å²) in [6.07, 6.45) is 2.45. The van der Waals surface area contributed by atoms with Crippen molar-refractivity contribution in [1.29, 1.82) is 0 Å². The number of benzene rings is 3. The number of carbonyl (C=O) groups is 12. The van der Waals surface area contributed by atoms with Crippen molar-refractivity contribution in [2.75, 3.05) is 96.3 Å².